The quantitative estimate of drug-likeness (QED) is 0.572. The molecule has 0 aliphatic rings. The van der Waals surface area contributed by atoms with Crippen LogP contribution in [0.5, 0.6) is 0 Å². The summed E-state index contributed by atoms with van der Waals surface area (Å²) in [6.07, 6.45) is 5.12. The first-order valence-electron chi connectivity index (χ1n) is 5.10. The molecule has 0 saturated carbocycles. The van der Waals surface area contributed by atoms with Gasteiger partial charge in [0, 0.05) is 5.39 Å². The molecule has 0 atom stereocenters. The van der Waals surface area contributed by atoms with Gasteiger partial charge in [-0.25, -0.2) is 0 Å². The topological polar surface area (TPSA) is 22.4 Å². The van der Waals surface area contributed by atoms with E-state index in [0.717, 1.165) is 11.0 Å². The van der Waals surface area contributed by atoms with Crippen LogP contribution in [0.25, 0.3) is 11.0 Å². The molecule has 0 aliphatic carbocycles. The molecule has 0 saturated heterocycles. The zero-order chi connectivity index (χ0) is 11.6. The molecule has 0 fully saturated rings. The monoisotopic (exact) mass is 216 g/mol. The minimum atomic E-state index is 0.617. The SMILES string of the molecule is C=CCOCC=C.c1ccc2occc2c1. The number of benzene rings is 1. The lowest BCUT2D eigenvalue weighted by molar-refractivity contribution is 0.194. The van der Waals surface area contributed by atoms with Crippen molar-refractivity contribution in [3.8, 4) is 0 Å². The van der Waals surface area contributed by atoms with Crippen LogP contribution in [0.3, 0.4) is 0 Å². The van der Waals surface area contributed by atoms with Crippen LogP contribution in [0.15, 0.2) is 66.3 Å². The lowest BCUT2D eigenvalue weighted by atomic mass is 10.3. The van der Waals surface area contributed by atoms with Crippen LogP contribution >= 0.6 is 0 Å². The lowest BCUT2D eigenvalue weighted by Gasteiger charge is -1.89. The molecule has 0 unspecified atom stereocenters. The van der Waals surface area contributed by atoms with Crippen LogP contribution in [-0.2, 0) is 4.74 Å². The van der Waals surface area contributed by atoms with Gasteiger partial charge in [-0.1, -0.05) is 30.4 Å². The van der Waals surface area contributed by atoms with E-state index in [4.69, 9.17) is 9.15 Å². The molecule has 0 spiro atoms. The standard InChI is InChI=1S/C8H6O.C6H10O/c1-2-4-8-7(3-1)5-6-9-8;1-3-5-7-6-4-2/h1-6H;3-4H,1-2,5-6H2. The Morgan fingerprint density at radius 2 is 1.75 bits per heavy atom. The Bertz CT molecular complexity index is 391. The molecule has 84 valence electrons. The van der Waals surface area contributed by atoms with Gasteiger partial charge in [0.2, 0.25) is 0 Å². The van der Waals surface area contributed by atoms with Crippen LogP contribution < -0.4 is 0 Å². The van der Waals surface area contributed by atoms with Gasteiger partial charge in [0.25, 0.3) is 0 Å². The van der Waals surface area contributed by atoms with E-state index in [1.165, 1.54) is 0 Å². The molecule has 2 rings (SSSR count). The van der Waals surface area contributed by atoms with Crippen molar-refractivity contribution >= 4 is 11.0 Å². The van der Waals surface area contributed by atoms with Crippen LogP contribution in [0.4, 0.5) is 0 Å². The highest BCUT2D eigenvalue weighted by Crippen LogP contribution is 2.12. The molecule has 2 nitrogen and oxygen atoms in total. The Morgan fingerprint density at radius 1 is 1.06 bits per heavy atom. The van der Waals surface area contributed by atoms with E-state index in [1.807, 2.05) is 30.3 Å². The first-order chi connectivity index (χ1) is 7.88. The van der Waals surface area contributed by atoms with Crippen molar-refractivity contribution in [1.29, 1.82) is 0 Å². The smallest absolute Gasteiger partial charge is 0.133 e. The number of ether oxygens (including phenoxy) is 1. The van der Waals surface area contributed by atoms with E-state index >= 15 is 0 Å². The summed E-state index contributed by atoms with van der Waals surface area (Å²) in [5.41, 5.74) is 0.956. The fraction of sp³-hybridized carbons (Fsp3) is 0.143. The number of para-hydroxylation sites is 1. The van der Waals surface area contributed by atoms with Crippen molar-refractivity contribution in [3.63, 3.8) is 0 Å². The molecule has 1 aromatic carbocycles. The van der Waals surface area contributed by atoms with E-state index in [1.54, 1.807) is 18.4 Å². The summed E-state index contributed by atoms with van der Waals surface area (Å²) >= 11 is 0. The zero-order valence-electron chi connectivity index (χ0n) is 9.26. The lowest BCUT2D eigenvalue weighted by Crippen LogP contribution is -1.87. The van der Waals surface area contributed by atoms with Gasteiger partial charge < -0.3 is 9.15 Å². The maximum absolute atomic E-state index is 5.12. The second-order valence-corrected chi connectivity index (χ2v) is 3.07. The van der Waals surface area contributed by atoms with Gasteiger partial charge in [0.05, 0.1) is 19.5 Å². The van der Waals surface area contributed by atoms with Gasteiger partial charge >= 0.3 is 0 Å². The third-order valence-corrected chi connectivity index (χ3v) is 1.83. The van der Waals surface area contributed by atoms with Crippen molar-refractivity contribution in [2.75, 3.05) is 13.2 Å². The summed E-state index contributed by atoms with van der Waals surface area (Å²) in [6.45, 7) is 8.18. The molecule has 0 amide bonds. The van der Waals surface area contributed by atoms with Crippen molar-refractivity contribution in [2.45, 2.75) is 0 Å². The van der Waals surface area contributed by atoms with Gasteiger partial charge in [-0.3, -0.25) is 0 Å². The van der Waals surface area contributed by atoms with Crippen LogP contribution in [-0.4, -0.2) is 13.2 Å². The summed E-state index contributed by atoms with van der Waals surface area (Å²) in [6, 6.07) is 9.90. The normalized spacial score (nSPS) is 9.25. The molecular weight excluding hydrogens is 200 g/mol. The Morgan fingerprint density at radius 3 is 2.38 bits per heavy atom. The van der Waals surface area contributed by atoms with E-state index in [-0.39, 0.29) is 0 Å². The predicted molar refractivity (Wildman–Crippen MR) is 67.4 cm³/mol. The third-order valence-electron chi connectivity index (χ3n) is 1.83. The first-order valence-corrected chi connectivity index (χ1v) is 5.10. The molecule has 0 N–H and O–H groups in total. The summed E-state index contributed by atoms with van der Waals surface area (Å²) in [5.74, 6) is 0. The Balaban J connectivity index is 0.000000168. The van der Waals surface area contributed by atoms with E-state index in [9.17, 15) is 0 Å². The van der Waals surface area contributed by atoms with E-state index in [2.05, 4.69) is 13.2 Å². The maximum Gasteiger partial charge on any atom is 0.133 e. The minimum absolute atomic E-state index is 0.617. The molecule has 2 heteroatoms. The summed E-state index contributed by atoms with van der Waals surface area (Å²) in [7, 11) is 0. The fourth-order valence-electron chi connectivity index (χ4n) is 1.14. The average Bonchev–Trinajstić information content (AvgIpc) is 2.78. The largest absolute Gasteiger partial charge is 0.464 e. The predicted octanol–water partition coefficient (Wildman–Crippen LogP) is 3.81. The van der Waals surface area contributed by atoms with Crippen molar-refractivity contribution in [1.82, 2.24) is 0 Å². The third kappa shape index (κ3) is 4.15. The second kappa shape index (κ2) is 7.49. The van der Waals surface area contributed by atoms with Crippen molar-refractivity contribution in [3.05, 3.63) is 61.9 Å². The molecule has 0 aliphatic heterocycles. The molecule has 1 heterocycles. The Kier molecular flexibility index (Phi) is 5.74. The molecular formula is C14H16O2. The highest BCUT2D eigenvalue weighted by atomic mass is 16.5. The minimum Gasteiger partial charge on any atom is -0.464 e. The highest BCUT2D eigenvalue weighted by Gasteiger charge is 1.89. The molecule has 2 aromatic rings. The summed E-state index contributed by atoms with van der Waals surface area (Å²) in [5, 5.41) is 1.16. The molecule has 1 aromatic heterocycles. The van der Waals surface area contributed by atoms with Crippen LogP contribution in [0.1, 0.15) is 0 Å². The number of hydrogen-bond acceptors (Lipinski definition) is 2. The van der Waals surface area contributed by atoms with Gasteiger partial charge in [0.1, 0.15) is 5.58 Å². The van der Waals surface area contributed by atoms with Gasteiger partial charge in [-0.2, -0.15) is 0 Å². The summed E-state index contributed by atoms with van der Waals surface area (Å²) < 4.78 is 10.0. The van der Waals surface area contributed by atoms with E-state index in [0.29, 0.717) is 13.2 Å². The van der Waals surface area contributed by atoms with Crippen molar-refractivity contribution in [2.24, 2.45) is 0 Å². The number of furan rings is 1. The number of rotatable bonds is 4. The van der Waals surface area contributed by atoms with Crippen molar-refractivity contribution < 1.29 is 9.15 Å². The molecule has 0 radical (unpaired) electrons. The zero-order valence-corrected chi connectivity index (χ0v) is 9.26. The second-order valence-electron chi connectivity index (χ2n) is 3.07. The van der Waals surface area contributed by atoms with Gasteiger partial charge in [0.15, 0.2) is 0 Å². The first kappa shape index (κ1) is 12.3. The summed E-state index contributed by atoms with van der Waals surface area (Å²) in [4.78, 5) is 0. The average molecular weight is 216 g/mol. The number of hydrogen-bond donors (Lipinski definition) is 0. The highest BCUT2D eigenvalue weighted by molar-refractivity contribution is 5.76. The maximum atomic E-state index is 5.12. The molecule has 16 heavy (non-hydrogen) atoms. The van der Waals surface area contributed by atoms with Gasteiger partial charge in [-0.05, 0) is 12.1 Å². The van der Waals surface area contributed by atoms with Gasteiger partial charge in [-0.15, -0.1) is 13.2 Å². The van der Waals surface area contributed by atoms with Crippen LogP contribution in [0.2, 0.25) is 0 Å². The fourth-order valence-corrected chi connectivity index (χ4v) is 1.14. The van der Waals surface area contributed by atoms with Crippen LogP contribution in [0, 0.1) is 0 Å². The van der Waals surface area contributed by atoms with E-state index < -0.39 is 0 Å². The number of fused-ring (bicyclic) bond motifs is 1. The molecule has 0 bridgehead atoms. The Hall–Kier alpha value is -1.80. The Labute approximate surface area is 95.8 Å².